The van der Waals surface area contributed by atoms with E-state index in [9.17, 15) is 4.79 Å². The SMILES string of the molecule is COc1ccc2c(c1)CC(C(=O)N(C)CCCCc1ccccc1)CO2. The van der Waals surface area contributed by atoms with Crippen LogP contribution >= 0.6 is 0 Å². The standard InChI is InChI=1S/C22H27NO3/c1-23(13-7-6-10-17-8-4-3-5-9-17)22(24)19-14-18-15-20(25-2)11-12-21(18)26-16-19/h3-5,8-9,11-12,15,19H,6-7,10,13-14,16H2,1-2H3. The lowest BCUT2D eigenvalue weighted by molar-refractivity contribution is -0.135. The van der Waals surface area contributed by atoms with Crippen LogP contribution in [0.5, 0.6) is 11.5 Å². The number of hydrogen-bond donors (Lipinski definition) is 0. The van der Waals surface area contributed by atoms with E-state index >= 15 is 0 Å². The zero-order valence-electron chi connectivity index (χ0n) is 15.6. The van der Waals surface area contributed by atoms with Crippen LogP contribution in [0.1, 0.15) is 24.0 Å². The summed E-state index contributed by atoms with van der Waals surface area (Å²) in [6, 6.07) is 16.3. The average Bonchev–Trinajstić information content (AvgIpc) is 2.70. The largest absolute Gasteiger partial charge is 0.497 e. The Labute approximate surface area is 155 Å². The second-order valence-electron chi connectivity index (χ2n) is 6.89. The van der Waals surface area contributed by atoms with Gasteiger partial charge in [0.1, 0.15) is 18.1 Å². The van der Waals surface area contributed by atoms with Gasteiger partial charge >= 0.3 is 0 Å². The van der Waals surface area contributed by atoms with Crippen LogP contribution in [-0.2, 0) is 17.6 Å². The number of carbonyl (C=O) groups excluding carboxylic acids is 1. The third kappa shape index (κ3) is 4.57. The van der Waals surface area contributed by atoms with Crippen molar-refractivity contribution in [1.29, 1.82) is 0 Å². The highest BCUT2D eigenvalue weighted by atomic mass is 16.5. The van der Waals surface area contributed by atoms with E-state index in [1.165, 1.54) is 5.56 Å². The molecule has 0 aliphatic carbocycles. The zero-order chi connectivity index (χ0) is 18.4. The molecular formula is C22H27NO3. The number of ether oxygens (including phenoxy) is 2. The van der Waals surface area contributed by atoms with Crippen molar-refractivity contribution in [3.05, 3.63) is 59.7 Å². The molecule has 1 unspecified atom stereocenters. The monoisotopic (exact) mass is 353 g/mol. The molecule has 2 aromatic carbocycles. The fraction of sp³-hybridized carbons (Fsp3) is 0.409. The van der Waals surface area contributed by atoms with Crippen molar-refractivity contribution in [3.63, 3.8) is 0 Å². The highest BCUT2D eigenvalue weighted by molar-refractivity contribution is 5.79. The molecule has 0 aromatic heterocycles. The van der Waals surface area contributed by atoms with Crippen LogP contribution in [0.2, 0.25) is 0 Å². The van der Waals surface area contributed by atoms with Crippen LogP contribution in [0.15, 0.2) is 48.5 Å². The minimum Gasteiger partial charge on any atom is -0.497 e. The lowest BCUT2D eigenvalue weighted by Crippen LogP contribution is -2.39. The molecule has 26 heavy (non-hydrogen) atoms. The number of methoxy groups -OCH3 is 1. The highest BCUT2D eigenvalue weighted by Crippen LogP contribution is 2.31. The quantitative estimate of drug-likeness (QED) is 0.712. The van der Waals surface area contributed by atoms with E-state index in [1.54, 1.807) is 7.11 Å². The normalized spacial score (nSPS) is 15.7. The minimum atomic E-state index is -0.117. The molecule has 0 fully saturated rings. The van der Waals surface area contributed by atoms with Crippen molar-refractivity contribution in [2.45, 2.75) is 25.7 Å². The van der Waals surface area contributed by atoms with Crippen molar-refractivity contribution in [2.24, 2.45) is 5.92 Å². The number of fused-ring (bicyclic) bond motifs is 1. The number of carbonyl (C=O) groups is 1. The van der Waals surface area contributed by atoms with Gasteiger partial charge in [-0.1, -0.05) is 30.3 Å². The van der Waals surface area contributed by atoms with Crippen molar-refractivity contribution < 1.29 is 14.3 Å². The number of amides is 1. The summed E-state index contributed by atoms with van der Waals surface area (Å²) >= 11 is 0. The number of nitrogens with zero attached hydrogens (tertiary/aromatic N) is 1. The van der Waals surface area contributed by atoms with Gasteiger partial charge in [0.25, 0.3) is 0 Å². The van der Waals surface area contributed by atoms with Gasteiger partial charge in [0.2, 0.25) is 5.91 Å². The van der Waals surface area contributed by atoms with Crippen molar-refractivity contribution in [3.8, 4) is 11.5 Å². The van der Waals surface area contributed by atoms with E-state index in [2.05, 4.69) is 24.3 Å². The van der Waals surface area contributed by atoms with Gasteiger partial charge in [0.15, 0.2) is 0 Å². The van der Waals surface area contributed by atoms with Crippen LogP contribution in [-0.4, -0.2) is 38.1 Å². The van der Waals surface area contributed by atoms with Crippen LogP contribution < -0.4 is 9.47 Å². The van der Waals surface area contributed by atoms with Gasteiger partial charge in [-0.25, -0.2) is 0 Å². The van der Waals surface area contributed by atoms with Crippen LogP contribution in [0, 0.1) is 5.92 Å². The molecule has 0 saturated heterocycles. The number of benzene rings is 2. The van der Waals surface area contributed by atoms with Gasteiger partial charge < -0.3 is 14.4 Å². The predicted molar refractivity (Wildman–Crippen MR) is 103 cm³/mol. The summed E-state index contributed by atoms with van der Waals surface area (Å²) in [7, 11) is 3.54. The highest BCUT2D eigenvalue weighted by Gasteiger charge is 2.28. The molecule has 1 aliphatic heterocycles. The Kier molecular flexibility index (Phi) is 6.16. The van der Waals surface area contributed by atoms with Crippen LogP contribution in [0.4, 0.5) is 0 Å². The third-order valence-electron chi connectivity index (χ3n) is 4.95. The second kappa shape index (κ2) is 8.75. The van der Waals surface area contributed by atoms with Gasteiger partial charge in [-0.05, 0) is 55.0 Å². The first-order chi connectivity index (χ1) is 12.7. The Bertz CT molecular complexity index is 729. The van der Waals surface area contributed by atoms with E-state index in [-0.39, 0.29) is 11.8 Å². The number of hydrogen-bond acceptors (Lipinski definition) is 3. The molecule has 3 rings (SSSR count). The maximum atomic E-state index is 12.7. The molecule has 1 aliphatic rings. The maximum Gasteiger partial charge on any atom is 0.229 e. The summed E-state index contributed by atoms with van der Waals surface area (Å²) in [5.74, 6) is 1.71. The molecule has 1 amide bonds. The Balaban J connectivity index is 1.47. The van der Waals surface area contributed by atoms with Gasteiger partial charge in [-0.2, -0.15) is 0 Å². The van der Waals surface area contributed by atoms with Gasteiger partial charge in [-0.15, -0.1) is 0 Å². The molecule has 4 heteroatoms. The molecule has 0 radical (unpaired) electrons. The first-order valence-electron chi connectivity index (χ1n) is 9.26. The van der Waals surface area contributed by atoms with Crippen molar-refractivity contribution >= 4 is 5.91 Å². The molecule has 0 spiro atoms. The Hall–Kier alpha value is -2.49. The molecule has 0 bridgehead atoms. The fourth-order valence-electron chi connectivity index (χ4n) is 3.40. The first-order valence-corrected chi connectivity index (χ1v) is 9.26. The van der Waals surface area contributed by atoms with Crippen LogP contribution in [0.25, 0.3) is 0 Å². The van der Waals surface area contributed by atoms with Gasteiger partial charge in [0.05, 0.1) is 13.0 Å². The molecule has 1 heterocycles. The smallest absolute Gasteiger partial charge is 0.229 e. The molecule has 4 nitrogen and oxygen atoms in total. The topological polar surface area (TPSA) is 38.8 Å². The number of aryl methyl sites for hydroxylation is 1. The predicted octanol–water partition coefficient (Wildman–Crippen LogP) is 3.73. The summed E-state index contributed by atoms with van der Waals surface area (Å²) in [6.45, 7) is 1.24. The molecule has 0 N–H and O–H groups in total. The van der Waals surface area contributed by atoms with Gasteiger partial charge in [-0.3, -0.25) is 4.79 Å². The second-order valence-corrected chi connectivity index (χ2v) is 6.89. The van der Waals surface area contributed by atoms with E-state index in [0.717, 1.165) is 42.9 Å². The lowest BCUT2D eigenvalue weighted by atomic mass is 9.95. The molecule has 1 atom stereocenters. The average molecular weight is 353 g/mol. The Morgan fingerprint density at radius 2 is 2.00 bits per heavy atom. The number of unbranched alkanes of at least 4 members (excludes halogenated alkanes) is 1. The van der Waals surface area contributed by atoms with E-state index in [1.807, 2.05) is 36.2 Å². The fourth-order valence-corrected chi connectivity index (χ4v) is 3.40. The number of rotatable bonds is 7. The summed E-state index contributed by atoms with van der Waals surface area (Å²) in [5, 5.41) is 0. The summed E-state index contributed by atoms with van der Waals surface area (Å²) in [4.78, 5) is 14.6. The third-order valence-corrected chi connectivity index (χ3v) is 4.95. The van der Waals surface area contributed by atoms with Crippen LogP contribution in [0.3, 0.4) is 0 Å². The summed E-state index contributed by atoms with van der Waals surface area (Å²) < 4.78 is 11.1. The van der Waals surface area contributed by atoms with E-state index in [0.29, 0.717) is 13.0 Å². The first kappa shape index (κ1) is 18.3. The molecular weight excluding hydrogens is 326 g/mol. The summed E-state index contributed by atoms with van der Waals surface area (Å²) in [6.07, 6.45) is 3.86. The lowest BCUT2D eigenvalue weighted by Gasteiger charge is -2.28. The van der Waals surface area contributed by atoms with Crippen molar-refractivity contribution in [2.75, 3.05) is 27.3 Å². The summed E-state index contributed by atoms with van der Waals surface area (Å²) in [5.41, 5.74) is 2.40. The van der Waals surface area contributed by atoms with Gasteiger partial charge in [0, 0.05) is 13.6 Å². The van der Waals surface area contributed by atoms with E-state index in [4.69, 9.17) is 9.47 Å². The van der Waals surface area contributed by atoms with E-state index < -0.39 is 0 Å². The maximum absolute atomic E-state index is 12.7. The Morgan fingerprint density at radius 1 is 1.19 bits per heavy atom. The minimum absolute atomic E-state index is 0.117. The molecule has 138 valence electrons. The Morgan fingerprint density at radius 3 is 2.77 bits per heavy atom. The molecule has 2 aromatic rings. The van der Waals surface area contributed by atoms with Crippen molar-refractivity contribution in [1.82, 2.24) is 4.90 Å². The molecule has 0 saturated carbocycles. The zero-order valence-corrected chi connectivity index (χ0v) is 15.6.